The standard InChI is InChI=1S/C29H31F3N7O4P/c1-4-42-44(41)18-19-6-9-22(10-7-19)35-28-33-16-24(29(30,31)32)26(37-28)36-25-11-8-20(14-23(25)27(40)38(2)3)21-15-34-39(17-21)12-5-13-43-44/h6-11,14-17H,4-5,12-13,18H2,1-3H3,(H2,33,35,36,37). The Morgan fingerprint density at radius 2 is 1.89 bits per heavy atom. The molecule has 2 aromatic carbocycles. The van der Waals surface area contributed by atoms with Crippen molar-refractivity contribution in [2.45, 2.75) is 32.2 Å². The molecule has 8 rings (SSSR count). The average molecular weight is 630 g/mol. The second-order valence-corrected chi connectivity index (χ2v) is 12.3. The number of benzene rings is 2. The van der Waals surface area contributed by atoms with Crippen LogP contribution in [-0.4, -0.2) is 57.9 Å². The number of hydrogen-bond acceptors (Lipinski definition) is 9. The maximum absolute atomic E-state index is 14.0. The Morgan fingerprint density at radius 1 is 1.11 bits per heavy atom. The minimum Gasteiger partial charge on any atom is -0.345 e. The largest absolute Gasteiger partial charge is 0.421 e. The van der Waals surface area contributed by atoms with E-state index in [0.29, 0.717) is 41.5 Å². The molecule has 15 heteroatoms. The Labute approximate surface area is 252 Å². The van der Waals surface area contributed by atoms with Gasteiger partial charge in [-0.3, -0.25) is 14.0 Å². The third kappa shape index (κ3) is 7.26. The Hall–Kier alpha value is -4.26. The number of aromatic nitrogens is 4. The van der Waals surface area contributed by atoms with Gasteiger partial charge in [0, 0.05) is 44.3 Å². The summed E-state index contributed by atoms with van der Waals surface area (Å²) in [6.45, 7) is 2.59. The molecule has 0 radical (unpaired) electrons. The average Bonchev–Trinajstić information content (AvgIpc) is 3.44. The van der Waals surface area contributed by atoms with Crippen LogP contribution >= 0.6 is 7.60 Å². The summed E-state index contributed by atoms with van der Waals surface area (Å²) < 4.78 is 68.4. The number of alkyl halides is 3. The van der Waals surface area contributed by atoms with Gasteiger partial charge >= 0.3 is 13.8 Å². The van der Waals surface area contributed by atoms with E-state index < -0.39 is 31.1 Å². The van der Waals surface area contributed by atoms with Gasteiger partial charge in [0.15, 0.2) is 0 Å². The SMILES string of the molecule is CCOP1(=O)Cc2ccc(cc2)Nc2ncc(C(F)(F)F)c(n2)Nc2ccc(cc2C(=O)N(C)C)-c2cnn(c2)CCCO1. The lowest BCUT2D eigenvalue weighted by atomic mass is 10.0. The molecule has 232 valence electrons. The molecule has 44 heavy (non-hydrogen) atoms. The minimum absolute atomic E-state index is 0.0431. The number of aryl methyl sites for hydroxylation is 1. The first-order chi connectivity index (χ1) is 20.9. The van der Waals surface area contributed by atoms with Crippen molar-refractivity contribution in [3.05, 3.63) is 77.7 Å². The normalized spacial score (nSPS) is 17.2. The van der Waals surface area contributed by atoms with Crippen molar-refractivity contribution < 1.29 is 31.6 Å². The number of anilines is 4. The van der Waals surface area contributed by atoms with Crippen LogP contribution in [0.5, 0.6) is 0 Å². The van der Waals surface area contributed by atoms with Gasteiger partial charge in [0.25, 0.3) is 5.91 Å². The van der Waals surface area contributed by atoms with Gasteiger partial charge in [0.1, 0.15) is 11.4 Å². The molecule has 4 aliphatic rings. The van der Waals surface area contributed by atoms with E-state index in [0.717, 1.165) is 0 Å². The van der Waals surface area contributed by atoms with E-state index in [1.807, 2.05) is 0 Å². The Balaban J connectivity index is 1.60. The van der Waals surface area contributed by atoms with Crippen molar-refractivity contribution >= 4 is 36.6 Å². The van der Waals surface area contributed by atoms with Gasteiger partial charge in [-0.25, -0.2) is 4.98 Å². The first kappa shape index (κ1) is 31.2. The van der Waals surface area contributed by atoms with Crippen molar-refractivity contribution in [1.82, 2.24) is 24.6 Å². The van der Waals surface area contributed by atoms with E-state index in [4.69, 9.17) is 9.05 Å². The predicted molar refractivity (Wildman–Crippen MR) is 159 cm³/mol. The topological polar surface area (TPSA) is 124 Å². The molecule has 2 aromatic heterocycles. The third-order valence-electron chi connectivity index (χ3n) is 6.70. The Kier molecular flexibility index (Phi) is 9.05. The Bertz CT molecular complexity index is 1690. The first-order valence-electron chi connectivity index (χ1n) is 13.8. The molecule has 4 aromatic rings. The van der Waals surface area contributed by atoms with E-state index in [1.54, 1.807) is 74.5 Å². The van der Waals surface area contributed by atoms with Crippen molar-refractivity contribution in [3.8, 4) is 11.1 Å². The molecule has 0 spiro atoms. The smallest absolute Gasteiger partial charge is 0.345 e. The number of carbonyl (C=O) groups is 1. The monoisotopic (exact) mass is 629 g/mol. The fourth-order valence-electron chi connectivity index (χ4n) is 4.56. The molecule has 1 unspecified atom stereocenters. The second-order valence-electron chi connectivity index (χ2n) is 10.2. The lowest BCUT2D eigenvalue weighted by molar-refractivity contribution is -0.137. The van der Waals surface area contributed by atoms with Crippen LogP contribution in [0.1, 0.15) is 34.8 Å². The van der Waals surface area contributed by atoms with Gasteiger partial charge in [-0.05, 0) is 48.7 Å². The molecule has 11 nitrogen and oxygen atoms in total. The van der Waals surface area contributed by atoms with Crippen LogP contribution in [0.15, 0.2) is 61.1 Å². The van der Waals surface area contributed by atoms with Crippen molar-refractivity contribution in [2.24, 2.45) is 0 Å². The van der Waals surface area contributed by atoms with Crippen LogP contribution in [0.4, 0.5) is 36.3 Å². The highest BCUT2D eigenvalue weighted by molar-refractivity contribution is 7.53. The minimum atomic E-state index is -4.77. The van der Waals surface area contributed by atoms with E-state index in [2.05, 4.69) is 25.7 Å². The lowest BCUT2D eigenvalue weighted by Gasteiger charge is -2.19. The maximum Gasteiger partial charge on any atom is 0.421 e. The molecule has 1 amide bonds. The predicted octanol–water partition coefficient (Wildman–Crippen LogP) is 6.70. The number of hydrogen-bond donors (Lipinski definition) is 2. The summed E-state index contributed by atoms with van der Waals surface area (Å²) in [5, 5.41) is 10.0. The summed E-state index contributed by atoms with van der Waals surface area (Å²) in [6, 6.07) is 11.5. The molecule has 6 heterocycles. The molecule has 0 aliphatic carbocycles. The Morgan fingerprint density at radius 3 is 2.59 bits per heavy atom. The zero-order valence-electron chi connectivity index (χ0n) is 24.3. The van der Waals surface area contributed by atoms with Crippen molar-refractivity contribution in [1.29, 1.82) is 0 Å². The molecular formula is C29H31F3N7O4P. The third-order valence-corrected chi connectivity index (χ3v) is 8.68. The quantitative estimate of drug-likeness (QED) is 0.238. The number of halogens is 3. The van der Waals surface area contributed by atoms with Crippen LogP contribution in [0.25, 0.3) is 11.1 Å². The highest BCUT2D eigenvalue weighted by Gasteiger charge is 2.36. The molecule has 1 atom stereocenters. The van der Waals surface area contributed by atoms with Gasteiger partial charge in [-0.2, -0.15) is 23.3 Å². The zero-order chi connectivity index (χ0) is 31.5. The van der Waals surface area contributed by atoms with E-state index >= 15 is 0 Å². The summed E-state index contributed by atoms with van der Waals surface area (Å²) in [5.74, 6) is -1.06. The summed E-state index contributed by atoms with van der Waals surface area (Å²) in [4.78, 5) is 22.5. The lowest BCUT2D eigenvalue weighted by Crippen LogP contribution is -2.23. The zero-order valence-corrected chi connectivity index (χ0v) is 25.2. The van der Waals surface area contributed by atoms with E-state index in [-0.39, 0.29) is 36.6 Å². The summed E-state index contributed by atoms with van der Waals surface area (Å²) in [7, 11) is -0.351. The number of nitrogens with one attached hydrogen (secondary N) is 2. The fraction of sp³-hybridized carbons (Fsp3) is 0.310. The van der Waals surface area contributed by atoms with Crippen LogP contribution in [-0.2, 0) is 32.5 Å². The van der Waals surface area contributed by atoms with Crippen LogP contribution < -0.4 is 10.6 Å². The summed E-state index contributed by atoms with van der Waals surface area (Å²) >= 11 is 0. The molecule has 8 bridgehead atoms. The number of carbonyl (C=O) groups excluding carboxylic acids is 1. The maximum atomic E-state index is 14.0. The van der Waals surface area contributed by atoms with E-state index in [9.17, 15) is 22.5 Å². The van der Waals surface area contributed by atoms with Crippen molar-refractivity contribution in [2.75, 3.05) is 37.9 Å². The van der Waals surface area contributed by atoms with Crippen LogP contribution in [0, 0.1) is 0 Å². The van der Waals surface area contributed by atoms with Crippen LogP contribution in [0.3, 0.4) is 0 Å². The van der Waals surface area contributed by atoms with Gasteiger partial charge < -0.3 is 24.6 Å². The summed E-state index contributed by atoms with van der Waals surface area (Å²) in [5.41, 5.74) is 1.67. The molecule has 0 fully saturated rings. The molecule has 0 saturated carbocycles. The van der Waals surface area contributed by atoms with Gasteiger partial charge in [-0.1, -0.05) is 18.2 Å². The number of nitrogens with zero attached hydrogens (tertiary/aromatic N) is 5. The summed E-state index contributed by atoms with van der Waals surface area (Å²) in [6.07, 6.45) is -0.136. The van der Waals surface area contributed by atoms with Gasteiger partial charge in [0.2, 0.25) is 5.95 Å². The second kappa shape index (κ2) is 12.8. The van der Waals surface area contributed by atoms with Gasteiger partial charge in [0.05, 0.1) is 36.8 Å². The highest BCUT2D eigenvalue weighted by Crippen LogP contribution is 2.51. The van der Waals surface area contributed by atoms with Gasteiger partial charge in [-0.15, -0.1) is 0 Å². The highest BCUT2D eigenvalue weighted by atomic mass is 31.2. The fourth-order valence-corrected chi connectivity index (χ4v) is 6.28. The molecule has 0 saturated heterocycles. The first-order valence-corrected chi connectivity index (χ1v) is 15.5. The van der Waals surface area contributed by atoms with Crippen LogP contribution in [0.2, 0.25) is 0 Å². The van der Waals surface area contributed by atoms with Crippen molar-refractivity contribution in [3.63, 3.8) is 0 Å². The molecular weight excluding hydrogens is 598 g/mol. The number of rotatable bonds is 3. The van der Waals surface area contributed by atoms with E-state index in [1.165, 1.54) is 11.0 Å². The molecule has 4 aliphatic heterocycles. The molecule has 2 N–H and O–H groups in total. The number of amides is 1.